The fourth-order valence-electron chi connectivity index (χ4n) is 3.53. The Labute approximate surface area is 194 Å². The predicted octanol–water partition coefficient (Wildman–Crippen LogP) is 2.45. The summed E-state index contributed by atoms with van der Waals surface area (Å²) in [5.74, 6) is -1.31. The minimum atomic E-state index is -0.542. The number of hydrogen-bond donors (Lipinski definition) is 5. The van der Waals surface area contributed by atoms with E-state index in [-0.39, 0.29) is 45.4 Å². The Morgan fingerprint density at radius 3 is 2.50 bits per heavy atom. The number of carbonyl (C=O) groups excluding carboxylic acids is 3. The van der Waals surface area contributed by atoms with Crippen LogP contribution in [0.15, 0.2) is 24.4 Å². The molecule has 32 heavy (non-hydrogen) atoms. The van der Waals surface area contributed by atoms with Crippen LogP contribution in [0.4, 0.5) is 5.69 Å². The van der Waals surface area contributed by atoms with E-state index in [2.05, 4.69) is 25.7 Å². The van der Waals surface area contributed by atoms with Gasteiger partial charge >= 0.3 is 0 Å². The average Bonchev–Trinajstić information content (AvgIpc) is 3.23. The van der Waals surface area contributed by atoms with E-state index in [9.17, 15) is 14.4 Å². The molecule has 3 rings (SSSR count). The Morgan fingerprint density at radius 2 is 1.84 bits per heavy atom. The Kier molecular flexibility index (Phi) is 8.46. The van der Waals surface area contributed by atoms with Crippen LogP contribution in [-0.2, 0) is 4.79 Å². The third-order valence-corrected chi connectivity index (χ3v) is 5.86. The third kappa shape index (κ3) is 6.19. The summed E-state index contributed by atoms with van der Waals surface area (Å²) in [6.07, 6.45) is 3.77. The van der Waals surface area contributed by atoms with Gasteiger partial charge in [-0.05, 0) is 37.9 Å². The summed E-state index contributed by atoms with van der Waals surface area (Å²) in [6, 6.07) is 4.72. The molecule has 0 saturated carbocycles. The first kappa shape index (κ1) is 24.0. The second kappa shape index (κ2) is 11.3. The van der Waals surface area contributed by atoms with Crippen molar-refractivity contribution < 1.29 is 19.6 Å². The molecule has 0 bridgehead atoms. The molecular weight excluding hydrogens is 459 g/mol. The Bertz CT molecular complexity index is 954. The highest BCUT2D eigenvalue weighted by Gasteiger charge is 2.24. The van der Waals surface area contributed by atoms with Crippen LogP contribution in [0.2, 0.25) is 10.0 Å². The number of piperidine rings is 1. The number of nitrogens with one attached hydrogen (secondary N) is 4. The Balaban J connectivity index is 1.52. The molecule has 0 spiro atoms. The summed E-state index contributed by atoms with van der Waals surface area (Å²) in [7, 11) is 0. The number of hydrogen-bond acceptors (Lipinski definition) is 6. The molecule has 2 aromatic rings. The van der Waals surface area contributed by atoms with E-state index in [4.69, 9.17) is 28.4 Å². The van der Waals surface area contributed by atoms with Gasteiger partial charge in [-0.2, -0.15) is 5.10 Å². The number of aromatic nitrogens is 2. The fourth-order valence-corrected chi connectivity index (χ4v) is 4.10. The highest BCUT2D eigenvalue weighted by molar-refractivity contribution is 6.40. The summed E-state index contributed by atoms with van der Waals surface area (Å²) >= 11 is 12.2. The Hall–Kier alpha value is -2.66. The number of H-pyrrole nitrogens is 1. The van der Waals surface area contributed by atoms with Crippen LogP contribution in [0.3, 0.4) is 0 Å². The van der Waals surface area contributed by atoms with E-state index in [1.165, 1.54) is 6.20 Å². The van der Waals surface area contributed by atoms with E-state index in [0.29, 0.717) is 6.42 Å². The maximum Gasteiger partial charge on any atom is 0.271 e. The highest BCUT2D eigenvalue weighted by atomic mass is 35.5. The molecule has 1 aliphatic heterocycles. The first-order valence-corrected chi connectivity index (χ1v) is 10.9. The molecule has 1 aromatic heterocycles. The quantitative estimate of drug-likeness (QED) is 0.289. The SMILES string of the molecule is O=C(CCCN1CCC(NC(=O)c2[nH]ncc2NC(=O)c2c(Cl)cccc2Cl)CC1)NO. The number of carbonyl (C=O) groups is 3. The van der Waals surface area contributed by atoms with E-state index in [1.807, 2.05) is 0 Å². The number of nitrogens with zero attached hydrogens (tertiary/aromatic N) is 2. The molecule has 2 heterocycles. The lowest BCUT2D eigenvalue weighted by atomic mass is 10.0. The molecule has 0 atom stereocenters. The molecule has 1 aliphatic rings. The third-order valence-electron chi connectivity index (χ3n) is 5.23. The standard InChI is InChI=1S/C20H24Cl2N6O4/c21-13-3-1-4-14(22)17(13)19(30)25-15-11-23-26-18(15)20(31)24-12-6-9-28(10-7-12)8-2-5-16(29)27-32/h1,3-4,11-12,32H,2,5-10H2,(H,23,26)(H,24,31)(H,25,30)(H,27,29). The first-order chi connectivity index (χ1) is 15.4. The Morgan fingerprint density at radius 1 is 1.16 bits per heavy atom. The van der Waals surface area contributed by atoms with Gasteiger partial charge in [0.25, 0.3) is 11.8 Å². The minimum absolute atomic E-state index is 0.0237. The molecule has 172 valence electrons. The number of benzene rings is 1. The fraction of sp³-hybridized carbons (Fsp3) is 0.400. The monoisotopic (exact) mass is 482 g/mol. The summed E-state index contributed by atoms with van der Waals surface area (Å²) < 4.78 is 0. The van der Waals surface area contributed by atoms with Crippen molar-refractivity contribution in [3.8, 4) is 0 Å². The number of halogens is 2. The second-order valence-electron chi connectivity index (χ2n) is 7.44. The maximum atomic E-state index is 12.7. The van der Waals surface area contributed by atoms with Crippen molar-refractivity contribution in [3.63, 3.8) is 0 Å². The lowest BCUT2D eigenvalue weighted by Gasteiger charge is -2.32. The lowest BCUT2D eigenvalue weighted by Crippen LogP contribution is -2.45. The van der Waals surface area contributed by atoms with E-state index in [1.54, 1.807) is 23.7 Å². The summed E-state index contributed by atoms with van der Waals surface area (Å²) in [4.78, 5) is 38.6. The van der Waals surface area contributed by atoms with Gasteiger partial charge < -0.3 is 15.5 Å². The molecule has 0 radical (unpaired) electrons. The van der Waals surface area contributed by atoms with Crippen molar-refractivity contribution in [2.75, 3.05) is 25.0 Å². The molecule has 0 aliphatic carbocycles. The predicted molar refractivity (Wildman–Crippen MR) is 119 cm³/mol. The molecule has 12 heteroatoms. The van der Waals surface area contributed by atoms with Crippen LogP contribution in [0.1, 0.15) is 46.5 Å². The van der Waals surface area contributed by atoms with Crippen LogP contribution < -0.4 is 16.1 Å². The zero-order valence-electron chi connectivity index (χ0n) is 17.2. The van der Waals surface area contributed by atoms with Crippen LogP contribution in [0, 0.1) is 0 Å². The zero-order valence-corrected chi connectivity index (χ0v) is 18.7. The second-order valence-corrected chi connectivity index (χ2v) is 8.25. The number of likely N-dealkylation sites (tertiary alicyclic amines) is 1. The van der Waals surface area contributed by atoms with Gasteiger partial charge in [0.05, 0.1) is 27.5 Å². The minimum Gasteiger partial charge on any atom is -0.348 e. The van der Waals surface area contributed by atoms with Gasteiger partial charge in [0.1, 0.15) is 5.69 Å². The smallest absolute Gasteiger partial charge is 0.271 e. The van der Waals surface area contributed by atoms with Crippen molar-refractivity contribution >= 4 is 46.6 Å². The first-order valence-electron chi connectivity index (χ1n) is 10.1. The summed E-state index contributed by atoms with van der Waals surface area (Å²) in [6.45, 7) is 2.31. The van der Waals surface area contributed by atoms with Gasteiger partial charge in [0, 0.05) is 25.6 Å². The maximum absolute atomic E-state index is 12.7. The summed E-state index contributed by atoms with van der Waals surface area (Å²) in [5, 5.41) is 21.0. The van der Waals surface area contributed by atoms with Crippen molar-refractivity contribution in [3.05, 3.63) is 45.7 Å². The molecule has 10 nitrogen and oxygen atoms in total. The largest absolute Gasteiger partial charge is 0.348 e. The van der Waals surface area contributed by atoms with Crippen LogP contribution in [0.25, 0.3) is 0 Å². The van der Waals surface area contributed by atoms with Gasteiger partial charge in [0.15, 0.2) is 0 Å². The molecule has 1 saturated heterocycles. The van der Waals surface area contributed by atoms with Gasteiger partial charge in [-0.25, -0.2) is 5.48 Å². The lowest BCUT2D eigenvalue weighted by molar-refractivity contribution is -0.129. The molecular formula is C20H24Cl2N6O4. The van der Waals surface area contributed by atoms with Crippen LogP contribution in [0.5, 0.6) is 0 Å². The van der Waals surface area contributed by atoms with Gasteiger partial charge in [-0.1, -0.05) is 29.3 Å². The number of rotatable bonds is 8. The van der Waals surface area contributed by atoms with Crippen molar-refractivity contribution in [1.29, 1.82) is 0 Å². The van der Waals surface area contributed by atoms with Crippen LogP contribution in [-0.4, -0.2) is 63.7 Å². The van der Waals surface area contributed by atoms with Crippen molar-refractivity contribution in [2.24, 2.45) is 0 Å². The normalized spacial score (nSPS) is 14.7. The van der Waals surface area contributed by atoms with E-state index >= 15 is 0 Å². The highest BCUT2D eigenvalue weighted by Crippen LogP contribution is 2.26. The molecule has 1 aromatic carbocycles. The average molecular weight is 483 g/mol. The number of amides is 3. The van der Waals surface area contributed by atoms with E-state index in [0.717, 1.165) is 32.5 Å². The van der Waals surface area contributed by atoms with Crippen molar-refractivity contribution in [1.82, 2.24) is 25.9 Å². The van der Waals surface area contributed by atoms with Gasteiger partial charge in [0.2, 0.25) is 5.91 Å². The van der Waals surface area contributed by atoms with Crippen molar-refractivity contribution in [2.45, 2.75) is 31.7 Å². The van der Waals surface area contributed by atoms with Gasteiger partial charge in [-0.15, -0.1) is 0 Å². The van der Waals surface area contributed by atoms with Gasteiger partial charge in [-0.3, -0.25) is 24.7 Å². The number of anilines is 1. The molecule has 5 N–H and O–H groups in total. The van der Waals surface area contributed by atoms with Crippen LogP contribution >= 0.6 is 23.2 Å². The van der Waals surface area contributed by atoms with E-state index < -0.39 is 11.8 Å². The number of aromatic amines is 1. The molecule has 1 fully saturated rings. The number of hydroxylamine groups is 1. The summed E-state index contributed by atoms with van der Waals surface area (Å²) in [5.41, 5.74) is 2.10. The molecule has 0 unspecified atom stereocenters. The zero-order chi connectivity index (χ0) is 23.1. The topological polar surface area (TPSA) is 139 Å². The molecule has 3 amide bonds.